The van der Waals surface area contributed by atoms with Crippen molar-refractivity contribution in [2.45, 2.75) is 234 Å². The summed E-state index contributed by atoms with van der Waals surface area (Å²) in [5, 5.41) is 0. The number of nitrogens with zero attached hydrogens (tertiary/aromatic N) is 4. The molecule has 0 bridgehead atoms. The van der Waals surface area contributed by atoms with Gasteiger partial charge in [-0.3, -0.25) is 19.2 Å². The van der Waals surface area contributed by atoms with Crippen LogP contribution in [0.3, 0.4) is 0 Å². The van der Waals surface area contributed by atoms with Crippen LogP contribution >= 0.6 is 0 Å². The van der Waals surface area contributed by atoms with Crippen LogP contribution in [0.2, 0.25) is 0 Å². The SMILES string of the molecule is CCCCCCCC[n+]1c(CC(=O)OCC(COC(=O)Cc2[nH]c3ccccc3[n+]2CCCCCCCC)(COC(=O)Cc2[nH]c3ccccc3[n+]2CCCCCCCC)COC(=O)Cc2[nH]c3ccccc3[n+]2CCCCCCCC)[nH]c2ccccc21. The van der Waals surface area contributed by atoms with Gasteiger partial charge in [0.15, 0.2) is 44.1 Å². The highest BCUT2D eigenvalue weighted by Gasteiger charge is 2.40. The molecule has 16 heteroatoms. The van der Waals surface area contributed by atoms with Gasteiger partial charge in [-0.25, -0.2) is 38.2 Å². The Bertz CT molecular complexity index is 3010. The molecule has 0 radical (unpaired) electrons. The normalized spacial score (nSPS) is 11.8. The largest absolute Gasteiger partial charge is 0.464 e. The Balaban J connectivity index is 1.08. The lowest BCUT2D eigenvalue weighted by Crippen LogP contribution is -2.45. The molecule has 0 atom stereocenters. The molecule has 480 valence electrons. The minimum absolute atomic E-state index is 0.0864. The molecular formula is C73H104N8O8+4. The van der Waals surface area contributed by atoms with Gasteiger partial charge in [-0.1, -0.05) is 179 Å². The van der Waals surface area contributed by atoms with Crippen molar-refractivity contribution in [3.05, 3.63) is 120 Å². The standard InChI is InChI=1S/C73H100N8O8/c1-5-9-13-17-21-33-45-78-61-41-29-25-37-57(61)74-65(78)49-69(82)86-53-73(54-87-70(83)50-66-75-58-38-26-30-42-62(58)79(66)46-34-22-18-14-10-6-2,55-88-71(84)51-67-76-59-39-27-31-43-63(59)80(67)47-35-23-19-15-11-7-3)56-89-72(85)52-68-77-60-40-28-32-44-64(60)81(68)48-36-24-20-16-12-8-4/h25-32,37-44H,5-24,33-36,45-56H2,1-4H3/p+4. The van der Waals surface area contributed by atoms with E-state index in [2.05, 4.69) is 90.2 Å². The predicted molar refractivity (Wildman–Crippen MR) is 349 cm³/mol. The number of ether oxygens (including phenoxy) is 4. The second-order valence-electron chi connectivity index (χ2n) is 24.9. The molecule has 4 heterocycles. The second kappa shape index (κ2) is 36.3. The molecule has 0 saturated carbocycles. The monoisotopic (exact) mass is 1220 g/mol. The van der Waals surface area contributed by atoms with E-state index in [9.17, 15) is 19.2 Å². The molecule has 4 aromatic carbocycles. The van der Waals surface area contributed by atoms with Crippen LogP contribution in [0.5, 0.6) is 0 Å². The zero-order valence-corrected chi connectivity index (χ0v) is 54.2. The lowest BCUT2D eigenvalue weighted by molar-refractivity contribution is -0.679. The fourth-order valence-corrected chi connectivity index (χ4v) is 12.4. The number of H-pyrrole nitrogens is 4. The van der Waals surface area contributed by atoms with Crippen LogP contribution in [0.1, 0.15) is 205 Å². The topological polar surface area (TPSA) is 184 Å². The Hall–Kier alpha value is -7.36. The highest BCUT2D eigenvalue weighted by molar-refractivity contribution is 5.78. The Morgan fingerprint density at radius 3 is 0.730 bits per heavy atom. The van der Waals surface area contributed by atoms with E-state index in [1.807, 2.05) is 72.8 Å². The molecule has 4 aromatic heterocycles. The van der Waals surface area contributed by atoms with Gasteiger partial charge in [0.2, 0.25) is 0 Å². The molecule has 0 aliphatic carbocycles. The van der Waals surface area contributed by atoms with E-state index in [0.29, 0.717) is 23.3 Å². The summed E-state index contributed by atoms with van der Waals surface area (Å²) in [6.45, 7) is 10.2. The highest BCUT2D eigenvalue weighted by atomic mass is 16.6. The van der Waals surface area contributed by atoms with Crippen molar-refractivity contribution < 1.29 is 56.4 Å². The smallest absolute Gasteiger partial charge is 0.318 e. The molecule has 0 fully saturated rings. The Morgan fingerprint density at radius 2 is 0.506 bits per heavy atom. The Morgan fingerprint density at radius 1 is 0.303 bits per heavy atom. The van der Waals surface area contributed by atoms with Gasteiger partial charge >= 0.3 is 23.9 Å². The summed E-state index contributed by atoms with van der Waals surface area (Å²) in [6, 6.07) is 32.2. The third-order valence-corrected chi connectivity index (χ3v) is 17.5. The van der Waals surface area contributed by atoms with E-state index >= 15 is 0 Å². The maximum Gasteiger partial charge on any atom is 0.318 e. The molecule has 4 N–H and O–H groups in total. The molecule has 16 nitrogen and oxygen atoms in total. The quantitative estimate of drug-likeness (QED) is 0.0126. The summed E-state index contributed by atoms with van der Waals surface area (Å²) >= 11 is 0. The summed E-state index contributed by atoms with van der Waals surface area (Å²) in [6.07, 6.45) is 26.7. The molecule has 8 aromatic rings. The predicted octanol–water partition coefficient (Wildman–Crippen LogP) is 13.6. The Labute approximate surface area is 527 Å². The number of esters is 4. The lowest BCUT2D eigenvalue weighted by atomic mass is 9.92. The van der Waals surface area contributed by atoms with Crippen molar-refractivity contribution in [1.82, 2.24) is 19.9 Å². The van der Waals surface area contributed by atoms with E-state index in [1.54, 1.807) is 0 Å². The zero-order valence-electron chi connectivity index (χ0n) is 54.2. The van der Waals surface area contributed by atoms with Crippen molar-refractivity contribution in [3.63, 3.8) is 0 Å². The number of benzene rings is 4. The number of para-hydroxylation sites is 8. The van der Waals surface area contributed by atoms with Crippen molar-refractivity contribution in [2.24, 2.45) is 5.41 Å². The number of aromatic nitrogens is 8. The van der Waals surface area contributed by atoms with Gasteiger partial charge in [0.25, 0.3) is 23.3 Å². The van der Waals surface area contributed by atoms with E-state index in [-0.39, 0.29) is 25.7 Å². The number of fused-ring (bicyclic) bond motifs is 4. The molecule has 0 spiro atoms. The number of unbranched alkanes of at least 4 members (excludes halogenated alkanes) is 20. The molecule has 0 amide bonds. The number of aromatic amines is 4. The first-order valence-electron chi connectivity index (χ1n) is 34.2. The number of hydrogen-bond acceptors (Lipinski definition) is 8. The maximum atomic E-state index is 14.5. The Kier molecular flexibility index (Phi) is 27.6. The van der Waals surface area contributed by atoms with E-state index in [1.165, 1.54) is 77.0 Å². The molecular weight excluding hydrogens is 1120 g/mol. The number of carbonyl (C=O) groups is 4. The third-order valence-electron chi connectivity index (χ3n) is 17.5. The average Bonchev–Trinajstić information content (AvgIpc) is 2.43. The van der Waals surface area contributed by atoms with Crippen LogP contribution in [0.15, 0.2) is 97.1 Å². The number of aryl methyl sites for hydroxylation is 4. The van der Waals surface area contributed by atoms with Gasteiger partial charge < -0.3 is 18.9 Å². The average molecular weight is 1220 g/mol. The molecule has 89 heavy (non-hydrogen) atoms. The number of nitrogens with one attached hydrogen (secondary N) is 4. The van der Waals surface area contributed by atoms with Gasteiger partial charge in [0, 0.05) is 0 Å². The second-order valence-corrected chi connectivity index (χ2v) is 24.9. The molecule has 0 aliphatic rings. The summed E-state index contributed by atoms with van der Waals surface area (Å²) in [5.41, 5.74) is 6.11. The zero-order chi connectivity index (χ0) is 62.5. The van der Waals surface area contributed by atoms with Crippen molar-refractivity contribution in [1.29, 1.82) is 0 Å². The van der Waals surface area contributed by atoms with Gasteiger partial charge in [0.1, 0.15) is 57.5 Å². The van der Waals surface area contributed by atoms with E-state index in [0.717, 1.165) is 147 Å². The molecule has 0 aliphatic heterocycles. The third kappa shape index (κ3) is 20.3. The fourth-order valence-electron chi connectivity index (χ4n) is 12.4. The first kappa shape index (κ1) is 67.6. The van der Waals surface area contributed by atoms with E-state index in [4.69, 9.17) is 18.9 Å². The van der Waals surface area contributed by atoms with Crippen LogP contribution in [0.4, 0.5) is 0 Å². The number of carbonyl (C=O) groups excluding carboxylic acids is 4. The molecule has 0 saturated heterocycles. The first-order valence-corrected chi connectivity index (χ1v) is 34.2. The molecule has 0 unspecified atom stereocenters. The fraction of sp³-hybridized carbons (Fsp3) is 0.562. The minimum atomic E-state index is -1.54. The highest BCUT2D eigenvalue weighted by Crippen LogP contribution is 2.25. The van der Waals surface area contributed by atoms with Crippen LogP contribution in [-0.2, 0) is 90.0 Å². The lowest BCUT2D eigenvalue weighted by Gasteiger charge is -2.31. The van der Waals surface area contributed by atoms with Crippen molar-refractivity contribution >= 4 is 68.0 Å². The van der Waals surface area contributed by atoms with E-state index < -0.39 is 55.7 Å². The molecule has 8 rings (SSSR count). The summed E-state index contributed by atoms with van der Waals surface area (Å²) in [7, 11) is 0. The van der Waals surface area contributed by atoms with Gasteiger partial charge in [-0.05, 0) is 99.9 Å². The minimum Gasteiger partial charge on any atom is -0.464 e. The van der Waals surface area contributed by atoms with Crippen LogP contribution in [0.25, 0.3) is 44.1 Å². The summed E-state index contributed by atoms with van der Waals surface area (Å²) < 4.78 is 34.0. The van der Waals surface area contributed by atoms with Crippen LogP contribution < -0.4 is 18.3 Å². The summed E-state index contributed by atoms with van der Waals surface area (Å²) in [5.74, 6) is 0.631. The first-order chi connectivity index (χ1) is 43.6. The van der Waals surface area contributed by atoms with Crippen molar-refractivity contribution in [2.75, 3.05) is 26.4 Å². The van der Waals surface area contributed by atoms with Crippen molar-refractivity contribution in [3.8, 4) is 0 Å². The number of rotatable bonds is 44. The summed E-state index contributed by atoms with van der Waals surface area (Å²) in [4.78, 5) is 72.1. The maximum absolute atomic E-state index is 14.5. The van der Waals surface area contributed by atoms with Gasteiger partial charge in [0.05, 0.1) is 26.2 Å². The number of imidazole rings is 4. The van der Waals surface area contributed by atoms with Crippen LogP contribution in [-0.4, -0.2) is 70.2 Å². The van der Waals surface area contributed by atoms with Crippen LogP contribution in [0, 0.1) is 5.41 Å². The van der Waals surface area contributed by atoms with Gasteiger partial charge in [-0.15, -0.1) is 0 Å². The van der Waals surface area contributed by atoms with Gasteiger partial charge in [-0.2, -0.15) is 0 Å². The number of hydrogen-bond donors (Lipinski definition) is 4.